The molecule has 0 aromatic rings. The maximum Gasteiger partial charge on any atom is 0.243 e. The molecule has 0 aromatic heterocycles. The number of hydrogen-bond donors (Lipinski definition) is 1. The van der Waals surface area contributed by atoms with E-state index in [1.807, 2.05) is 13.8 Å². The molecule has 6 heteroatoms. The number of carbonyl (C=O) groups is 3. The van der Waals surface area contributed by atoms with E-state index in [0.717, 1.165) is 0 Å². The molecule has 0 bridgehead atoms. The Hall–Kier alpha value is -0.880. The predicted molar refractivity (Wildman–Crippen MR) is 75.7 cm³/mol. The molecule has 0 aromatic carbocycles. The average Bonchev–Trinajstić information content (AvgIpc) is 2.59. The van der Waals surface area contributed by atoms with E-state index in [-0.39, 0.29) is 41.2 Å². The third kappa shape index (κ3) is 3.79. The summed E-state index contributed by atoms with van der Waals surface area (Å²) in [7, 11) is 0. The molecule has 1 fully saturated rings. The fraction of sp³-hybridized carbons (Fsp3) is 0.769. The quantitative estimate of drug-likeness (QED) is 0.731. The normalized spacial score (nSPS) is 21.6. The zero-order chi connectivity index (χ0) is 14.7. The Morgan fingerprint density at radius 2 is 1.95 bits per heavy atom. The first-order chi connectivity index (χ1) is 8.75. The number of carbonyl (C=O) groups excluding carboxylic acids is 3. The Balaban J connectivity index is 2.54. The van der Waals surface area contributed by atoms with Crippen molar-refractivity contribution >= 4 is 29.4 Å². The summed E-state index contributed by atoms with van der Waals surface area (Å²) in [5.74, 6) is -0.0313. The predicted octanol–water partition coefficient (Wildman–Crippen LogP) is 0.808. The molecule has 2 unspecified atom stereocenters. The molecular formula is C13H22N2O3S. The molecule has 5 nitrogen and oxygen atoms in total. The van der Waals surface area contributed by atoms with Gasteiger partial charge in [-0.25, -0.2) is 0 Å². The average molecular weight is 286 g/mol. The van der Waals surface area contributed by atoms with Crippen LogP contribution in [-0.2, 0) is 14.4 Å². The van der Waals surface area contributed by atoms with Crippen LogP contribution in [0.5, 0.6) is 0 Å². The largest absolute Gasteiger partial charge is 0.321 e. The lowest BCUT2D eigenvalue weighted by molar-refractivity contribution is -0.140. The van der Waals surface area contributed by atoms with Crippen molar-refractivity contribution in [3.05, 3.63) is 0 Å². The van der Waals surface area contributed by atoms with Crippen LogP contribution in [0.2, 0.25) is 0 Å². The number of rotatable bonds is 6. The van der Waals surface area contributed by atoms with Gasteiger partial charge in [0.2, 0.25) is 11.8 Å². The highest BCUT2D eigenvalue weighted by Gasteiger charge is 2.40. The van der Waals surface area contributed by atoms with Crippen LogP contribution < -0.4 is 5.73 Å². The summed E-state index contributed by atoms with van der Waals surface area (Å²) in [6.07, 6.45) is 0.213. The van der Waals surface area contributed by atoms with Gasteiger partial charge in [0.15, 0.2) is 5.78 Å². The van der Waals surface area contributed by atoms with E-state index in [1.54, 1.807) is 13.8 Å². The molecule has 0 saturated carbocycles. The van der Waals surface area contributed by atoms with Gasteiger partial charge in [-0.15, -0.1) is 11.8 Å². The van der Waals surface area contributed by atoms with Crippen molar-refractivity contribution in [1.29, 1.82) is 0 Å². The fourth-order valence-corrected chi connectivity index (χ4v) is 3.15. The summed E-state index contributed by atoms with van der Waals surface area (Å²) in [5.41, 5.74) is 5.79. The zero-order valence-electron chi connectivity index (χ0n) is 11.9. The lowest BCUT2D eigenvalue weighted by Gasteiger charge is -2.19. The first kappa shape index (κ1) is 16.2. The molecule has 0 spiro atoms. The Morgan fingerprint density at radius 3 is 2.37 bits per heavy atom. The zero-order valence-corrected chi connectivity index (χ0v) is 12.7. The molecular weight excluding hydrogens is 264 g/mol. The van der Waals surface area contributed by atoms with E-state index in [9.17, 15) is 14.4 Å². The van der Waals surface area contributed by atoms with E-state index in [0.29, 0.717) is 5.75 Å². The van der Waals surface area contributed by atoms with Crippen molar-refractivity contribution in [2.24, 2.45) is 11.7 Å². The fourth-order valence-electron chi connectivity index (χ4n) is 2.03. The SMILES string of the molecule is CC(C)C(=O)C(N)CSC1CC(=O)N(C(C)C)C1=O. The molecule has 1 aliphatic heterocycles. The van der Waals surface area contributed by atoms with Gasteiger partial charge in [-0.05, 0) is 13.8 Å². The monoisotopic (exact) mass is 286 g/mol. The van der Waals surface area contributed by atoms with E-state index < -0.39 is 6.04 Å². The summed E-state index contributed by atoms with van der Waals surface area (Å²) in [5, 5.41) is -0.388. The van der Waals surface area contributed by atoms with Gasteiger partial charge in [-0.1, -0.05) is 13.8 Å². The number of nitrogens with zero attached hydrogens (tertiary/aromatic N) is 1. The Morgan fingerprint density at radius 1 is 1.37 bits per heavy atom. The second kappa shape index (κ2) is 6.52. The van der Waals surface area contributed by atoms with Gasteiger partial charge in [0.05, 0.1) is 11.3 Å². The van der Waals surface area contributed by atoms with Crippen LogP contribution in [0.4, 0.5) is 0 Å². The highest BCUT2D eigenvalue weighted by molar-refractivity contribution is 8.00. The number of ketones is 1. The Bertz CT molecular complexity index is 382. The summed E-state index contributed by atoms with van der Waals surface area (Å²) < 4.78 is 0. The molecule has 19 heavy (non-hydrogen) atoms. The van der Waals surface area contributed by atoms with Crippen molar-refractivity contribution in [1.82, 2.24) is 4.90 Å². The molecule has 2 N–H and O–H groups in total. The van der Waals surface area contributed by atoms with Crippen LogP contribution in [0, 0.1) is 5.92 Å². The van der Waals surface area contributed by atoms with E-state index in [1.165, 1.54) is 16.7 Å². The summed E-state index contributed by atoms with van der Waals surface area (Å²) in [6, 6.07) is -0.683. The van der Waals surface area contributed by atoms with Crippen LogP contribution in [0.3, 0.4) is 0 Å². The maximum atomic E-state index is 12.0. The van der Waals surface area contributed by atoms with Gasteiger partial charge < -0.3 is 5.73 Å². The second-order valence-corrected chi connectivity index (χ2v) is 6.62. The summed E-state index contributed by atoms with van der Waals surface area (Å²) in [4.78, 5) is 36.7. The molecule has 1 saturated heterocycles. The molecule has 2 atom stereocenters. The van der Waals surface area contributed by atoms with Gasteiger partial charge in [0, 0.05) is 24.1 Å². The van der Waals surface area contributed by atoms with Crippen molar-refractivity contribution in [3.8, 4) is 0 Å². The Kier molecular flexibility index (Phi) is 5.55. The van der Waals surface area contributed by atoms with E-state index in [2.05, 4.69) is 0 Å². The van der Waals surface area contributed by atoms with Crippen LogP contribution >= 0.6 is 11.8 Å². The van der Waals surface area contributed by atoms with Crippen molar-refractivity contribution < 1.29 is 14.4 Å². The van der Waals surface area contributed by atoms with E-state index in [4.69, 9.17) is 5.73 Å². The number of likely N-dealkylation sites (tertiary alicyclic amines) is 1. The maximum absolute atomic E-state index is 12.0. The number of Topliss-reactive ketones (excluding diaryl/α,β-unsaturated/α-hetero) is 1. The molecule has 0 radical (unpaired) electrons. The van der Waals surface area contributed by atoms with Crippen molar-refractivity contribution in [2.75, 3.05) is 5.75 Å². The highest BCUT2D eigenvalue weighted by Crippen LogP contribution is 2.27. The van der Waals surface area contributed by atoms with Crippen molar-refractivity contribution in [2.45, 2.75) is 51.4 Å². The van der Waals surface area contributed by atoms with Gasteiger partial charge in [-0.2, -0.15) is 0 Å². The molecule has 2 amide bonds. The number of thioether (sulfide) groups is 1. The van der Waals surface area contributed by atoms with Crippen LogP contribution in [0.15, 0.2) is 0 Å². The second-order valence-electron chi connectivity index (χ2n) is 5.39. The minimum atomic E-state index is -0.569. The van der Waals surface area contributed by atoms with Gasteiger partial charge in [0.1, 0.15) is 0 Å². The first-order valence-electron chi connectivity index (χ1n) is 6.52. The Labute approximate surface area is 118 Å². The topological polar surface area (TPSA) is 80.5 Å². The van der Waals surface area contributed by atoms with Crippen molar-refractivity contribution in [3.63, 3.8) is 0 Å². The number of imide groups is 1. The minimum Gasteiger partial charge on any atom is -0.321 e. The molecule has 1 heterocycles. The van der Waals surface area contributed by atoms with Crippen LogP contribution in [0.1, 0.15) is 34.1 Å². The lowest BCUT2D eigenvalue weighted by Crippen LogP contribution is -2.38. The molecule has 1 rings (SSSR count). The van der Waals surface area contributed by atoms with Gasteiger partial charge in [0.25, 0.3) is 0 Å². The smallest absolute Gasteiger partial charge is 0.243 e. The summed E-state index contributed by atoms with van der Waals surface area (Å²) >= 11 is 1.31. The lowest BCUT2D eigenvalue weighted by atomic mass is 10.0. The first-order valence-corrected chi connectivity index (χ1v) is 7.57. The van der Waals surface area contributed by atoms with Crippen LogP contribution in [0.25, 0.3) is 0 Å². The third-order valence-corrected chi connectivity index (χ3v) is 4.39. The number of hydrogen-bond acceptors (Lipinski definition) is 5. The minimum absolute atomic E-state index is 0.00927. The standard InChI is InChI=1S/C13H22N2O3S/c1-7(2)12(17)9(14)6-19-10-5-11(16)15(8(3)4)13(10)18/h7-10H,5-6,14H2,1-4H3. The number of nitrogens with two attached hydrogens (primary N) is 1. The molecule has 0 aliphatic carbocycles. The van der Waals surface area contributed by atoms with E-state index >= 15 is 0 Å². The van der Waals surface area contributed by atoms with Gasteiger partial charge >= 0.3 is 0 Å². The number of amides is 2. The highest BCUT2D eigenvalue weighted by atomic mass is 32.2. The summed E-state index contributed by atoms with van der Waals surface area (Å²) in [6.45, 7) is 7.24. The third-order valence-electron chi connectivity index (χ3n) is 3.07. The molecule has 108 valence electrons. The van der Waals surface area contributed by atoms with Gasteiger partial charge in [-0.3, -0.25) is 19.3 Å². The van der Waals surface area contributed by atoms with Crippen LogP contribution in [-0.4, -0.2) is 45.6 Å². The molecule has 1 aliphatic rings.